The minimum absolute atomic E-state index is 0.0161. The molecule has 1 aromatic heterocycles. The van der Waals surface area contributed by atoms with Crippen LogP contribution in [0.4, 0.5) is 0 Å². The van der Waals surface area contributed by atoms with Crippen molar-refractivity contribution in [2.75, 3.05) is 0 Å². The Balaban J connectivity index is 1.96. The molecule has 0 amide bonds. The summed E-state index contributed by atoms with van der Waals surface area (Å²) >= 11 is 3.47. The van der Waals surface area contributed by atoms with Gasteiger partial charge in [-0.25, -0.2) is 0 Å². The number of amidine groups is 1. The Labute approximate surface area is 125 Å². The second-order valence-electron chi connectivity index (χ2n) is 4.12. The van der Waals surface area contributed by atoms with Gasteiger partial charge < -0.3 is 15.7 Å². The Morgan fingerprint density at radius 1 is 1.30 bits per heavy atom. The van der Waals surface area contributed by atoms with Crippen molar-refractivity contribution in [2.24, 2.45) is 10.9 Å². The van der Waals surface area contributed by atoms with Crippen LogP contribution in [0.3, 0.4) is 0 Å². The van der Waals surface area contributed by atoms with E-state index >= 15 is 0 Å². The lowest BCUT2D eigenvalue weighted by Crippen LogP contribution is -2.15. The third kappa shape index (κ3) is 3.79. The molecule has 0 atom stereocenters. The fraction of sp³-hybridized carbons (Fsp3) is 0.143. The molecule has 0 aliphatic rings. The molecule has 0 saturated carbocycles. The molecule has 0 aliphatic heterocycles. The maximum absolute atomic E-state index is 8.62. The van der Waals surface area contributed by atoms with Gasteiger partial charge in [-0.1, -0.05) is 39.3 Å². The first-order chi connectivity index (χ1) is 9.70. The SMILES string of the molecule is N/C(=N/O)c1cc(COCc2ccccc2Br)ccn1. The highest BCUT2D eigenvalue weighted by molar-refractivity contribution is 9.10. The summed E-state index contributed by atoms with van der Waals surface area (Å²) in [6, 6.07) is 11.5. The van der Waals surface area contributed by atoms with Gasteiger partial charge in [0, 0.05) is 10.7 Å². The third-order valence-corrected chi connectivity index (χ3v) is 3.45. The van der Waals surface area contributed by atoms with E-state index in [1.54, 1.807) is 12.3 Å². The zero-order valence-electron chi connectivity index (χ0n) is 10.7. The van der Waals surface area contributed by atoms with Gasteiger partial charge in [0.25, 0.3) is 0 Å². The summed E-state index contributed by atoms with van der Waals surface area (Å²) in [4.78, 5) is 4.01. The van der Waals surface area contributed by atoms with Gasteiger partial charge in [-0.2, -0.15) is 0 Å². The number of benzene rings is 1. The fourth-order valence-electron chi connectivity index (χ4n) is 1.65. The van der Waals surface area contributed by atoms with Crippen LogP contribution >= 0.6 is 15.9 Å². The number of rotatable bonds is 5. The van der Waals surface area contributed by atoms with Crippen LogP contribution in [0.2, 0.25) is 0 Å². The highest BCUT2D eigenvalue weighted by Gasteiger charge is 2.03. The molecule has 6 heteroatoms. The predicted octanol–water partition coefficient (Wildman–Crippen LogP) is 2.66. The lowest BCUT2D eigenvalue weighted by Gasteiger charge is -2.07. The summed E-state index contributed by atoms with van der Waals surface area (Å²) in [6.45, 7) is 0.929. The minimum Gasteiger partial charge on any atom is -0.409 e. The Morgan fingerprint density at radius 3 is 2.85 bits per heavy atom. The highest BCUT2D eigenvalue weighted by Crippen LogP contribution is 2.17. The molecule has 0 fully saturated rings. The van der Waals surface area contributed by atoms with Gasteiger partial charge in [0.05, 0.1) is 13.2 Å². The van der Waals surface area contributed by atoms with Gasteiger partial charge in [0.2, 0.25) is 0 Å². The number of ether oxygens (including phenoxy) is 1. The van der Waals surface area contributed by atoms with Crippen LogP contribution in [-0.4, -0.2) is 16.0 Å². The van der Waals surface area contributed by atoms with Crippen LogP contribution in [0.25, 0.3) is 0 Å². The van der Waals surface area contributed by atoms with E-state index in [0.717, 1.165) is 15.6 Å². The minimum atomic E-state index is -0.0161. The van der Waals surface area contributed by atoms with Crippen LogP contribution in [0.5, 0.6) is 0 Å². The second kappa shape index (κ2) is 7.02. The number of nitrogens with two attached hydrogens (primary N) is 1. The monoisotopic (exact) mass is 335 g/mol. The summed E-state index contributed by atoms with van der Waals surface area (Å²) < 4.78 is 6.67. The molecular weight excluding hydrogens is 322 g/mol. The summed E-state index contributed by atoms with van der Waals surface area (Å²) in [5.41, 5.74) is 7.91. The first kappa shape index (κ1) is 14.5. The zero-order valence-corrected chi connectivity index (χ0v) is 12.2. The molecule has 0 saturated heterocycles. The average molecular weight is 336 g/mol. The first-order valence-corrected chi connectivity index (χ1v) is 6.74. The molecule has 0 spiro atoms. The van der Waals surface area contributed by atoms with Crippen LogP contribution < -0.4 is 5.73 Å². The van der Waals surface area contributed by atoms with Crippen LogP contribution in [0.15, 0.2) is 52.2 Å². The molecule has 3 N–H and O–H groups in total. The van der Waals surface area contributed by atoms with E-state index < -0.39 is 0 Å². The second-order valence-corrected chi connectivity index (χ2v) is 4.97. The van der Waals surface area contributed by atoms with Gasteiger partial charge in [0.1, 0.15) is 5.69 Å². The molecule has 1 heterocycles. The predicted molar refractivity (Wildman–Crippen MR) is 79.4 cm³/mol. The lowest BCUT2D eigenvalue weighted by atomic mass is 10.2. The number of nitrogens with zero attached hydrogens (tertiary/aromatic N) is 2. The Morgan fingerprint density at radius 2 is 2.10 bits per heavy atom. The van der Waals surface area contributed by atoms with Crippen molar-refractivity contribution in [3.05, 3.63) is 63.9 Å². The maximum Gasteiger partial charge on any atom is 0.188 e. The quantitative estimate of drug-likeness (QED) is 0.381. The van der Waals surface area contributed by atoms with E-state index in [9.17, 15) is 0 Å². The van der Waals surface area contributed by atoms with Crippen molar-refractivity contribution in [3.63, 3.8) is 0 Å². The lowest BCUT2D eigenvalue weighted by molar-refractivity contribution is 0.106. The van der Waals surface area contributed by atoms with Crippen molar-refractivity contribution in [3.8, 4) is 0 Å². The van der Waals surface area contributed by atoms with E-state index in [0.29, 0.717) is 18.9 Å². The molecule has 5 nitrogen and oxygen atoms in total. The number of halogens is 1. The van der Waals surface area contributed by atoms with Gasteiger partial charge in [0.15, 0.2) is 5.84 Å². The smallest absolute Gasteiger partial charge is 0.188 e. The van der Waals surface area contributed by atoms with E-state index in [-0.39, 0.29) is 5.84 Å². The average Bonchev–Trinajstić information content (AvgIpc) is 2.49. The Bertz CT molecular complexity index is 617. The zero-order chi connectivity index (χ0) is 14.4. The molecule has 104 valence electrons. The van der Waals surface area contributed by atoms with Crippen molar-refractivity contribution in [2.45, 2.75) is 13.2 Å². The maximum atomic E-state index is 8.62. The van der Waals surface area contributed by atoms with Crippen LogP contribution in [0.1, 0.15) is 16.8 Å². The standard InChI is InChI=1S/C14H14BrN3O2/c15-12-4-2-1-3-11(12)9-20-8-10-5-6-17-13(7-10)14(16)18-19/h1-7,19H,8-9H2,(H2,16,18). The van der Waals surface area contributed by atoms with E-state index in [2.05, 4.69) is 26.1 Å². The van der Waals surface area contributed by atoms with Crippen LogP contribution in [-0.2, 0) is 18.0 Å². The summed E-state index contributed by atoms with van der Waals surface area (Å²) in [6.07, 6.45) is 1.60. The van der Waals surface area contributed by atoms with E-state index in [4.69, 9.17) is 15.7 Å². The molecule has 0 unspecified atom stereocenters. The summed E-state index contributed by atoms with van der Waals surface area (Å²) in [5, 5.41) is 11.5. The molecule has 2 rings (SSSR count). The number of hydrogen-bond donors (Lipinski definition) is 2. The van der Waals surface area contributed by atoms with Crippen molar-refractivity contribution in [1.29, 1.82) is 0 Å². The van der Waals surface area contributed by atoms with Crippen LogP contribution in [0, 0.1) is 0 Å². The van der Waals surface area contributed by atoms with E-state index in [1.807, 2.05) is 30.3 Å². The van der Waals surface area contributed by atoms with Gasteiger partial charge in [-0.15, -0.1) is 0 Å². The van der Waals surface area contributed by atoms with Gasteiger partial charge >= 0.3 is 0 Å². The summed E-state index contributed by atoms with van der Waals surface area (Å²) in [7, 11) is 0. The molecule has 0 radical (unpaired) electrons. The van der Waals surface area contributed by atoms with Crippen molar-refractivity contribution in [1.82, 2.24) is 4.98 Å². The van der Waals surface area contributed by atoms with Crippen molar-refractivity contribution >= 4 is 21.8 Å². The highest BCUT2D eigenvalue weighted by atomic mass is 79.9. The van der Waals surface area contributed by atoms with Gasteiger partial charge in [-0.3, -0.25) is 4.98 Å². The third-order valence-electron chi connectivity index (χ3n) is 2.68. The number of aromatic nitrogens is 1. The largest absolute Gasteiger partial charge is 0.409 e. The molecular formula is C14H14BrN3O2. The van der Waals surface area contributed by atoms with Crippen molar-refractivity contribution < 1.29 is 9.94 Å². The molecule has 2 aromatic rings. The molecule has 20 heavy (non-hydrogen) atoms. The van der Waals surface area contributed by atoms with E-state index in [1.165, 1.54) is 0 Å². The number of oxime groups is 1. The summed E-state index contributed by atoms with van der Waals surface area (Å²) in [5.74, 6) is -0.0161. The molecule has 1 aromatic carbocycles. The Kier molecular flexibility index (Phi) is 5.09. The Hall–Kier alpha value is -1.92. The first-order valence-electron chi connectivity index (χ1n) is 5.94. The molecule has 0 aliphatic carbocycles. The molecule has 0 bridgehead atoms. The fourth-order valence-corrected chi connectivity index (χ4v) is 2.05. The topological polar surface area (TPSA) is 80.7 Å². The van der Waals surface area contributed by atoms with Gasteiger partial charge in [-0.05, 0) is 29.3 Å². The number of pyridine rings is 1. The normalized spacial score (nSPS) is 11.6. The number of hydrogen-bond acceptors (Lipinski definition) is 4.